The fourth-order valence-corrected chi connectivity index (χ4v) is 3.29. The van der Waals surface area contributed by atoms with Gasteiger partial charge < -0.3 is 10.1 Å². The highest BCUT2D eigenvalue weighted by Crippen LogP contribution is 2.24. The van der Waals surface area contributed by atoms with Crippen LogP contribution in [0.4, 0.5) is 5.69 Å². The molecule has 0 saturated carbocycles. The van der Waals surface area contributed by atoms with Crippen molar-refractivity contribution in [2.75, 3.05) is 18.2 Å². The molecule has 2 heterocycles. The van der Waals surface area contributed by atoms with Crippen LogP contribution in [-0.4, -0.2) is 29.0 Å². The van der Waals surface area contributed by atoms with Crippen LogP contribution in [0.1, 0.15) is 0 Å². The molecule has 3 rings (SSSR count). The molecule has 0 atom stereocenters. The first-order valence-electron chi connectivity index (χ1n) is 7.19. The Bertz CT molecular complexity index is 805. The number of ether oxygens (including phenoxy) is 1. The van der Waals surface area contributed by atoms with Gasteiger partial charge in [-0.3, -0.25) is 4.79 Å². The minimum absolute atomic E-state index is 0.0996. The highest BCUT2D eigenvalue weighted by atomic mass is 32.2. The smallest absolute Gasteiger partial charge is 0.234 e. The van der Waals surface area contributed by atoms with Crippen molar-refractivity contribution in [2.24, 2.45) is 0 Å². The molecule has 122 valence electrons. The van der Waals surface area contributed by atoms with Gasteiger partial charge in [0.2, 0.25) is 5.91 Å². The number of nitrogens with one attached hydrogen (secondary N) is 1. The van der Waals surface area contributed by atoms with Crippen LogP contribution in [0.2, 0.25) is 0 Å². The Morgan fingerprint density at radius 1 is 1.21 bits per heavy atom. The number of methoxy groups -OCH3 is 1. The monoisotopic (exact) mass is 357 g/mol. The molecule has 0 spiro atoms. The minimum Gasteiger partial charge on any atom is -0.497 e. The van der Waals surface area contributed by atoms with Gasteiger partial charge in [-0.2, -0.15) is 0 Å². The zero-order valence-corrected chi connectivity index (χ0v) is 14.6. The zero-order valence-electron chi connectivity index (χ0n) is 12.9. The molecule has 0 saturated heterocycles. The lowest BCUT2D eigenvalue weighted by atomic mass is 10.3. The average molecular weight is 357 g/mol. The van der Waals surface area contributed by atoms with E-state index in [1.807, 2.05) is 47.8 Å². The molecular weight excluding hydrogens is 342 g/mol. The molecule has 3 aromatic rings. The first-order chi connectivity index (χ1) is 11.7. The van der Waals surface area contributed by atoms with Crippen LogP contribution < -0.4 is 10.1 Å². The van der Waals surface area contributed by atoms with E-state index in [4.69, 9.17) is 4.74 Å². The number of thiophene rings is 1. The Morgan fingerprint density at radius 2 is 2.12 bits per heavy atom. The van der Waals surface area contributed by atoms with E-state index < -0.39 is 0 Å². The molecule has 24 heavy (non-hydrogen) atoms. The van der Waals surface area contributed by atoms with Crippen molar-refractivity contribution in [3.8, 4) is 16.3 Å². The van der Waals surface area contributed by atoms with Crippen LogP contribution in [0.5, 0.6) is 5.75 Å². The summed E-state index contributed by atoms with van der Waals surface area (Å²) in [6.07, 6.45) is 0. The van der Waals surface area contributed by atoms with Gasteiger partial charge in [-0.05, 0) is 35.7 Å². The predicted octanol–water partition coefficient (Wildman–Crippen LogP) is 3.94. The van der Waals surface area contributed by atoms with E-state index in [-0.39, 0.29) is 11.7 Å². The molecule has 0 unspecified atom stereocenters. The second kappa shape index (κ2) is 7.94. The number of nitrogens with zero attached hydrogens (tertiary/aromatic N) is 2. The van der Waals surface area contributed by atoms with E-state index in [9.17, 15) is 4.79 Å². The number of benzene rings is 1. The number of aromatic nitrogens is 2. The molecule has 1 aromatic carbocycles. The maximum Gasteiger partial charge on any atom is 0.234 e. The third-order valence-electron chi connectivity index (χ3n) is 3.12. The van der Waals surface area contributed by atoms with Crippen LogP contribution in [-0.2, 0) is 4.79 Å². The van der Waals surface area contributed by atoms with Crippen molar-refractivity contribution in [3.05, 3.63) is 53.9 Å². The number of thioether (sulfide) groups is 1. The number of rotatable bonds is 6. The van der Waals surface area contributed by atoms with Crippen molar-refractivity contribution in [3.63, 3.8) is 0 Å². The van der Waals surface area contributed by atoms with Gasteiger partial charge in [0.1, 0.15) is 16.5 Å². The zero-order chi connectivity index (χ0) is 16.8. The van der Waals surface area contributed by atoms with Crippen LogP contribution in [0.25, 0.3) is 10.6 Å². The Hall–Kier alpha value is -2.38. The Labute approximate surface area is 148 Å². The molecule has 0 aliphatic carbocycles. The molecule has 0 fully saturated rings. The summed E-state index contributed by atoms with van der Waals surface area (Å²) in [7, 11) is 1.59. The van der Waals surface area contributed by atoms with Gasteiger partial charge in [0, 0.05) is 11.8 Å². The fraction of sp³-hybridized carbons (Fsp3) is 0.118. The van der Waals surface area contributed by atoms with E-state index in [1.165, 1.54) is 11.8 Å². The van der Waals surface area contributed by atoms with Crippen LogP contribution in [0.3, 0.4) is 0 Å². The normalized spacial score (nSPS) is 10.4. The SMILES string of the molecule is COc1cccc(NC(=O)CSc2ccc(-c3cccs3)nn2)c1. The van der Waals surface area contributed by atoms with Gasteiger partial charge in [-0.25, -0.2) is 0 Å². The number of amides is 1. The lowest BCUT2D eigenvalue weighted by Crippen LogP contribution is -2.14. The fourth-order valence-electron chi connectivity index (χ4n) is 1.99. The largest absolute Gasteiger partial charge is 0.497 e. The summed E-state index contributed by atoms with van der Waals surface area (Å²) >= 11 is 2.97. The second-order valence-corrected chi connectivity index (χ2v) is 6.75. The molecular formula is C17H15N3O2S2. The molecule has 0 radical (unpaired) electrons. The lowest BCUT2D eigenvalue weighted by Gasteiger charge is -2.06. The maximum atomic E-state index is 12.0. The van der Waals surface area contributed by atoms with Crippen molar-refractivity contribution >= 4 is 34.7 Å². The maximum absolute atomic E-state index is 12.0. The van der Waals surface area contributed by atoms with Gasteiger partial charge in [-0.1, -0.05) is 23.9 Å². The van der Waals surface area contributed by atoms with Crippen LogP contribution in [0.15, 0.2) is 58.9 Å². The van der Waals surface area contributed by atoms with E-state index in [0.29, 0.717) is 11.4 Å². The standard InChI is InChI=1S/C17H15N3O2S2/c1-22-13-5-2-4-12(10-13)18-16(21)11-24-17-8-7-14(19-20-17)15-6-3-9-23-15/h2-10H,11H2,1H3,(H,18,21). The second-order valence-electron chi connectivity index (χ2n) is 4.80. The van der Waals surface area contributed by atoms with E-state index in [2.05, 4.69) is 15.5 Å². The van der Waals surface area contributed by atoms with E-state index >= 15 is 0 Å². The predicted molar refractivity (Wildman–Crippen MR) is 97.7 cm³/mol. The van der Waals surface area contributed by atoms with E-state index in [1.54, 1.807) is 24.5 Å². The van der Waals surface area contributed by atoms with Crippen molar-refractivity contribution in [2.45, 2.75) is 5.03 Å². The molecule has 0 aliphatic rings. The molecule has 7 heteroatoms. The van der Waals surface area contributed by atoms with Crippen molar-refractivity contribution < 1.29 is 9.53 Å². The average Bonchev–Trinajstić information content (AvgIpc) is 3.15. The van der Waals surface area contributed by atoms with E-state index in [0.717, 1.165) is 15.6 Å². The highest BCUT2D eigenvalue weighted by Gasteiger charge is 2.07. The summed E-state index contributed by atoms with van der Waals surface area (Å²) in [4.78, 5) is 13.1. The number of anilines is 1. The summed E-state index contributed by atoms with van der Waals surface area (Å²) in [5, 5.41) is 13.9. The number of carbonyl (C=O) groups excluding carboxylic acids is 1. The van der Waals surface area contributed by atoms with Crippen LogP contribution >= 0.6 is 23.1 Å². The topological polar surface area (TPSA) is 64.1 Å². The summed E-state index contributed by atoms with van der Waals surface area (Å²) in [5.74, 6) is 0.873. The molecule has 5 nitrogen and oxygen atoms in total. The highest BCUT2D eigenvalue weighted by molar-refractivity contribution is 7.99. The van der Waals surface area contributed by atoms with Gasteiger partial charge in [0.25, 0.3) is 0 Å². The molecule has 2 aromatic heterocycles. The third-order valence-corrected chi connectivity index (χ3v) is 4.93. The van der Waals surface area contributed by atoms with Gasteiger partial charge in [0.15, 0.2) is 0 Å². The first-order valence-corrected chi connectivity index (χ1v) is 9.05. The lowest BCUT2D eigenvalue weighted by molar-refractivity contribution is -0.113. The minimum atomic E-state index is -0.0996. The van der Waals surface area contributed by atoms with Crippen molar-refractivity contribution in [1.29, 1.82) is 0 Å². The molecule has 0 aliphatic heterocycles. The summed E-state index contributed by atoms with van der Waals surface area (Å²) in [6, 6.07) is 15.0. The molecule has 0 bridgehead atoms. The van der Waals surface area contributed by atoms with Gasteiger partial charge in [-0.15, -0.1) is 21.5 Å². The number of hydrogen-bond donors (Lipinski definition) is 1. The summed E-state index contributed by atoms with van der Waals surface area (Å²) in [6.45, 7) is 0. The summed E-state index contributed by atoms with van der Waals surface area (Å²) in [5.41, 5.74) is 1.55. The van der Waals surface area contributed by atoms with Crippen molar-refractivity contribution in [1.82, 2.24) is 10.2 Å². The van der Waals surface area contributed by atoms with Gasteiger partial charge in [0.05, 0.1) is 17.7 Å². The Morgan fingerprint density at radius 3 is 2.83 bits per heavy atom. The van der Waals surface area contributed by atoms with Gasteiger partial charge >= 0.3 is 0 Å². The number of hydrogen-bond acceptors (Lipinski definition) is 6. The third kappa shape index (κ3) is 4.33. The summed E-state index contributed by atoms with van der Waals surface area (Å²) < 4.78 is 5.13. The number of carbonyl (C=O) groups is 1. The quantitative estimate of drug-likeness (QED) is 0.677. The molecule has 1 amide bonds. The Balaban J connectivity index is 1.54. The Kier molecular flexibility index (Phi) is 5.45. The first kappa shape index (κ1) is 16.5. The van der Waals surface area contributed by atoms with Crippen LogP contribution in [0, 0.1) is 0 Å². The molecule has 1 N–H and O–H groups in total.